The van der Waals surface area contributed by atoms with Crippen LogP contribution in [-0.2, 0) is 10.9 Å². The van der Waals surface area contributed by atoms with E-state index in [1.165, 1.54) is 18.2 Å². The number of benzene rings is 2. The van der Waals surface area contributed by atoms with Gasteiger partial charge in [-0.2, -0.15) is 13.2 Å². The minimum absolute atomic E-state index is 0.0405. The molecule has 4 nitrogen and oxygen atoms in total. The number of hydrogen-bond donors (Lipinski definition) is 1. The van der Waals surface area contributed by atoms with Gasteiger partial charge in [0.15, 0.2) is 0 Å². The number of H-pyrrole nitrogens is 1. The summed E-state index contributed by atoms with van der Waals surface area (Å²) in [6.45, 7) is 2.73. The topological polar surface area (TPSA) is 45.3 Å². The van der Waals surface area contributed by atoms with Gasteiger partial charge in [0, 0.05) is 35.4 Å². The van der Waals surface area contributed by atoms with Gasteiger partial charge in [-0.15, -0.1) is 0 Å². The molecule has 2 heterocycles. The van der Waals surface area contributed by atoms with Crippen LogP contribution in [-0.4, -0.2) is 31.3 Å². The number of hydrogen-bond acceptors (Lipinski definition) is 3. The predicted octanol–water partition coefficient (Wildman–Crippen LogP) is 4.05. The maximum Gasteiger partial charge on any atom is 0.417 e. The molecular formula is C20H17F3N2O2. The molecule has 1 aromatic heterocycles. The lowest BCUT2D eigenvalue weighted by Gasteiger charge is -2.29. The number of ether oxygens (including phenoxy) is 1. The van der Waals surface area contributed by atoms with Gasteiger partial charge < -0.3 is 14.6 Å². The van der Waals surface area contributed by atoms with Gasteiger partial charge in [-0.25, -0.2) is 0 Å². The highest BCUT2D eigenvalue weighted by molar-refractivity contribution is 5.88. The van der Waals surface area contributed by atoms with E-state index in [0.717, 1.165) is 24.8 Å². The molecule has 140 valence electrons. The second-order valence-electron chi connectivity index (χ2n) is 6.43. The Morgan fingerprint density at radius 1 is 1.00 bits per heavy atom. The first-order valence-corrected chi connectivity index (χ1v) is 8.60. The Morgan fingerprint density at radius 3 is 2.48 bits per heavy atom. The Kier molecular flexibility index (Phi) is 4.39. The molecule has 1 fully saturated rings. The number of anilines is 1. The molecular weight excluding hydrogens is 357 g/mol. The number of nitrogens with one attached hydrogen (secondary N) is 1. The van der Waals surface area contributed by atoms with Crippen molar-refractivity contribution in [3.8, 4) is 11.3 Å². The lowest BCUT2D eigenvalue weighted by Crippen LogP contribution is -2.36. The quantitative estimate of drug-likeness (QED) is 0.736. The van der Waals surface area contributed by atoms with Crippen LogP contribution in [0.3, 0.4) is 0 Å². The third-order valence-electron chi connectivity index (χ3n) is 4.73. The maximum atomic E-state index is 13.3. The molecule has 2 aromatic carbocycles. The van der Waals surface area contributed by atoms with E-state index in [2.05, 4.69) is 9.88 Å². The van der Waals surface area contributed by atoms with Crippen molar-refractivity contribution in [2.45, 2.75) is 6.18 Å². The van der Waals surface area contributed by atoms with Gasteiger partial charge in [0.2, 0.25) is 0 Å². The summed E-state index contributed by atoms with van der Waals surface area (Å²) in [5.74, 6) is 0. The van der Waals surface area contributed by atoms with E-state index in [0.29, 0.717) is 24.0 Å². The second-order valence-corrected chi connectivity index (χ2v) is 6.43. The highest BCUT2D eigenvalue weighted by Gasteiger charge is 2.33. The molecule has 0 unspecified atom stereocenters. The standard InChI is InChI=1S/C20H17F3N2O2/c21-20(22,23)17-4-2-1-3-15(17)18-11-13-5-6-14(12-16(13)19(26)24-18)25-7-9-27-10-8-25/h1-6,11-12H,7-10H2,(H,24,26). The monoisotopic (exact) mass is 374 g/mol. The summed E-state index contributed by atoms with van der Waals surface area (Å²) >= 11 is 0. The molecule has 1 aliphatic rings. The number of morpholine rings is 1. The van der Waals surface area contributed by atoms with Crippen LogP contribution in [0.4, 0.5) is 18.9 Å². The molecule has 27 heavy (non-hydrogen) atoms. The van der Waals surface area contributed by atoms with Crippen molar-refractivity contribution < 1.29 is 17.9 Å². The molecule has 0 bridgehead atoms. The van der Waals surface area contributed by atoms with E-state index in [1.807, 2.05) is 6.07 Å². The second kappa shape index (κ2) is 6.74. The molecule has 0 atom stereocenters. The average Bonchev–Trinajstić information content (AvgIpc) is 2.68. The van der Waals surface area contributed by atoms with Crippen molar-refractivity contribution in [1.29, 1.82) is 0 Å². The SMILES string of the molecule is O=c1[nH]c(-c2ccccc2C(F)(F)F)cc2ccc(N3CCOCC3)cc12. The third-order valence-corrected chi connectivity index (χ3v) is 4.73. The fourth-order valence-electron chi connectivity index (χ4n) is 3.38. The Morgan fingerprint density at radius 2 is 1.74 bits per heavy atom. The van der Waals surface area contributed by atoms with Crippen LogP contribution in [0.25, 0.3) is 22.0 Å². The van der Waals surface area contributed by atoms with Gasteiger partial charge >= 0.3 is 6.18 Å². The Hall–Kier alpha value is -2.80. The number of fused-ring (bicyclic) bond motifs is 1. The zero-order chi connectivity index (χ0) is 19.0. The van der Waals surface area contributed by atoms with Gasteiger partial charge in [-0.05, 0) is 29.7 Å². The highest BCUT2D eigenvalue weighted by Crippen LogP contribution is 2.36. The number of rotatable bonds is 2. The average molecular weight is 374 g/mol. The van der Waals surface area contributed by atoms with Gasteiger partial charge in [-0.1, -0.05) is 24.3 Å². The van der Waals surface area contributed by atoms with E-state index in [-0.39, 0.29) is 11.3 Å². The van der Waals surface area contributed by atoms with Crippen molar-refractivity contribution in [3.05, 3.63) is 64.4 Å². The first-order valence-electron chi connectivity index (χ1n) is 8.60. The van der Waals surface area contributed by atoms with Gasteiger partial charge in [-0.3, -0.25) is 4.79 Å². The molecule has 4 rings (SSSR count). The number of pyridine rings is 1. The first kappa shape index (κ1) is 17.6. The van der Waals surface area contributed by atoms with Crippen LogP contribution in [0.5, 0.6) is 0 Å². The van der Waals surface area contributed by atoms with E-state index in [9.17, 15) is 18.0 Å². The lowest BCUT2D eigenvalue weighted by molar-refractivity contribution is -0.137. The first-order chi connectivity index (χ1) is 12.9. The number of alkyl halides is 3. The molecule has 0 radical (unpaired) electrons. The summed E-state index contributed by atoms with van der Waals surface area (Å²) in [4.78, 5) is 17.3. The summed E-state index contributed by atoms with van der Waals surface area (Å²) in [7, 11) is 0. The fraction of sp³-hybridized carbons (Fsp3) is 0.250. The number of nitrogens with zero attached hydrogens (tertiary/aromatic N) is 1. The number of halogens is 3. The van der Waals surface area contributed by atoms with Crippen LogP contribution in [0.2, 0.25) is 0 Å². The molecule has 1 aliphatic heterocycles. The highest BCUT2D eigenvalue weighted by atomic mass is 19.4. The van der Waals surface area contributed by atoms with Crippen molar-refractivity contribution in [1.82, 2.24) is 4.98 Å². The Labute approximate surface area is 153 Å². The van der Waals surface area contributed by atoms with Crippen LogP contribution >= 0.6 is 0 Å². The van der Waals surface area contributed by atoms with E-state index in [4.69, 9.17) is 4.74 Å². The number of aromatic nitrogens is 1. The summed E-state index contributed by atoms with van der Waals surface area (Å²) in [5, 5.41) is 1.05. The van der Waals surface area contributed by atoms with Gasteiger partial charge in [0.1, 0.15) is 0 Å². The summed E-state index contributed by atoms with van der Waals surface area (Å²) < 4.78 is 45.2. The van der Waals surface area contributed by atoms with Crippen molar-refractivity contribution in [3.63, 3.8) is 0 Å². The fourth-order valence-corrected chi connectivity index (χ4v) is 3.38. The minimum Gasteiger partial charge on any atom is -0.378 e. The van der Waals surface area contributed by atoms with Crippen molar-refractivity contribution in [2.24, 2.45) is 0 Å². The third kappa shape index (κ3) is 3.42. The van der Waals surface area contributed by atoms with Crippen LogP contribution in [0.15, 0.2) is 53.3 Å². The molecule has 3 aromatic rings. The van der Waals surface area contributed by atoms with Crippen molar-refractivity contribution in [2.75, 3.05) is 31.2 Å². The van der Waals surface area contributed by atoms with Gasteiger partial charge in [0.25, 0.3) is 5.56 Å². The van der Waals surface area contributed by atoms with Gasteiger partial charge in [0.05, 0.1) is 18.8 Å². The molecule has 1 N–H and O–H groups in total. The Bertz CT molecular complexity index is 1040. The summed E-state index contributed by atoms with van der Waals surface area (Å²) in [6.07, 6.45) is -4.50. The molecule has 7 heteroatoms. The molecule has 0 amide bonds. The Balaban J connectivity index is 1.81. The summed E-state index contributed by atoms with van der Waals surface area (Å²) in [5.41, 5.74) is -0.167. The van der Waals surface area contributed by atoms with Crippen molar-refractivity contribution >= 4 is 16.5 Å². The zero-order valence-electron chi connectivity index (χ0n) is 14.3. The molecule has 0 saturated carbocycles. The predicted molar refractivity (Wildman–Crippen MR) is 98.0 cm³/mol. The van der Waals surface area contributed by atoms with E-state index < -0.39 is 17.3 Å². The van der Waals surface area contributed by atoms with Crippen LogP contribution in [0, 0.1) is 0 Å². The lowest BCUT2D eigenvalue weighted by atomic mass is 10.0. The number of aromatic amines is 1. The smallest absolute Gasteiger partial charge is 0.378 e. The zero-order valence-corrected chi connectivity index (χ0v) is 14.3. The van der Waals surface area contributed by atoms with Crippen LogP contribution in [0.1, 0.15) is 5.56 Å². The van der Waals surface area contributed by atoms with E-state index >= 15 is 0 Å². The van der Waals surface area contributed by atoms with E-state index in [1.54, 1.807) is 18.2 Å². The van der Waals surface area contributed by atoms with Crippen LogP contribution < -0.4 is 10.5 Å². The molecule has 0 aliphatic carbocycles. The molecule has 1 saturated heterocycles. The molecule has 0 spiro atoms. The minimum atomic E-state index is -4.50. The normalized spacial score (nSPS) is 15.3. The largest absolute Gasteiger partial charge is 0.417 e. The maximum absolute atomic E-state index is 13.3. The summed E-state index contributed by atoms with van der Waals surface area (Å²) in [6, 6.07) is 12.3.